The molecule has 0 fully saturated rings. The van der Waals surface area contributed by atoms with Crippen LogP contribution in [0.3, 0.4) is 0 Å². The second kappa shape index (κ2) is 6.63. The van der Waals surface area contributed by atoms with E-state index in [0.717, 1.165) is 33.8 Å². The van der Waals surface area contributed by atoms with Crippen LogP contribution in [0.25, 0.3) is 28.6 Å². The summed E-state index contributed by atoms with van der Waals surface area (Å²) in [6, 6.07) is 21.5. The fourth-order valence-corrected chi connectivity index (χ4v) is 3.37. The molecule has 1 aliphatic rings. The average molecular weight is 364 g/mol. The van der Waals surface area contributed by atoms with E-state index in [2.05, 4.69) is 10.3 Å². The standard InChI is InChI=1S/C23H16N4O/c28-23-20(19-10-4-5-11-21(19)25-23)13-17-15-27(18-8-2-1-3-9-18)26-22(17)16-7-6-12-24-14-16/h1-15H,(H,25,28). The summed E-state index contributed by atoms with van der Waals surface area (Å²) < 4.78 is 1.83. The Morgan fingerprint density at radius 3 is 2.57 bits per heavy atom. The number of rotatable bonds is 3. The summed E-state index contributed by atoms with van der Waals surface area (Å²) in [4.78, 5) is 16.8. The molecule has 28 heavy (non-hydrogen) atoms. The average Bonchev–Trinajstić information content (AvgIpc) is 3.31. The fourth-order valence-electron chi connectivity index (χ4n) is 3.37. The zero-order valence-electron chi connectivity index (χ0n) is 14.9. The summed E-state index contributed by atoms with van der Waals surface area (Å²) >= 11 is 0. The molecule has 5 heteroatoms. The van der Waals surface area contributed by atoms with Gasteiger partial charge in [-0.3, -0.25) is 9.78 Å². The highest BCUT2D eigenvalue weighted by atomic mass is 16.2. The first-order chi connectivity index (χ1) is 13.8. The largest absolute Gasteiger partial charge is 0.321 e. The van der Waals surface area contributed by atoms with E-state index in [0.29, 0.717) is 5.57 Å². The number of para-hydroxylation sites is 2. The Labute approximate surface area is 162 Å². The summed E-state index contributed by atoms with van der Waals surface area (Å²) in [5, 5.41) is 7.69. The number of carbonyl (C=O) groups is 1. The van der Waals surface area contributed by atoms with Crippen LogP contribution in [0.15, 0.2) is 85.3 Å². The number of hydrogen-bond acceptors (Lipinski definition) is 3. The molecule has 0 spiro atoms. The van der Waals surface area contributed by atoms with Crippen molar-refractivity contribution in [3.63, 3.8) is 0 Å². The lowest BCUT2D eigenvalue weighted by molar-refractivity contribution is -0.110. The molecule has 0 saturated heterocycles. The van der Waals surface area contributed by atoms with E-state index in [-0.39, 0.29) is 5.91 Å². The van der Waals surface area contributed by atoms with Crippen LogP contribution in [-0.4, -0.2) is 20.7 Å². The van der Waals surface area contributed by atoms with E-state index >= 15 is 0 Å². The second-order valence-electron chi connectivity index (χ2n) is 6.51. The molecule has 0 unspecified atom stereocenters. The van der Waals surface area contributed by atoms with Crippen molar-refractivity contribution in [2.24, 2.45) is 0 Å². The van der Waals surface area contributed by atoms with E-state index in [4.69, 9.17) is 5.10 Å². The highest BCUT2D eigenvalue weighted by Gasteiger charge is 2.24. The lowest BCUT2D eigenvalue weighted by Gasteiger charge is -2.00. The number of aromatic nitrogens is 3. The number of carbonyl (C=O) groups excluding carboxylic acids is 1. The number of nitrogens with zero attached hydrogens (tertiary/aromatic N) is 3. The SMILES string of the molecule is O=C1Nc2ccccc2C1=Cc1cn(-c2ccccc2)nc1-c1cccnc1. The molecule has 0 saturated carbocycles. The van der Waals surface area contributed by atoms with Gasteiger partial charge >= 0.3 is 0 Å². The van der Waals surface area contributed by atoms with Gasteiger partial charge in [-0.1, -0.05) is 36.4 Å². The van der Waals surface area contributed by atoms with Gasteiger partial charge in [0.2, 0.25) is 0 Å². The molecule has 134 valence electrons. The summed E-state index contributed by atoms with van der Waals surface area (Å²) in [5.41, 5.74) is 5.85. The van der Waals surface area contributed by atoms with E-state index in [1.54, 1.807) is 12.4 Å². The quantitative estimate of drug-likeness (QED) is 0.547. The van der Waals surface area contributed by atoms with E-state index in [9.17, 15) is 4.79 Å². The third-order valence-corrected chi connectivity index (χ3v) is 4.71. The van der Waals surface area contributed by atoms with E-state index < -0.39 is 0 Å². The summed E-state index contributed by atoms with van der Waals surface area (Å²) in [6.45, 7) is 0. The Kier molecular flexibility index (Phi) is 3.84. The molecule has 0 aliphatic carbocycles. The predicted octanol–water partition coefficient (Wildman–Crippen LogP) is 4.43. The zero-order chi connectivity index (χ0) is 18.9. The van der Waals surface area contributed by atoms with Crippen LogP contribution in [0.2, 0.25) is 0 Å². The smallest absolute Gasteiger partial charge is 0.256 e. The van der Waals surface area contributed by atoms with Crippen molar-refractivity contribution < 1.29 is 4.79 Å². The van der Waals surface area contributed by atoms with E-state index in [1.165, 1.54) is 0 Å². The van der Waals surface area contributed by atoms with Crippen molar-refractivity contribution in [3.8, 4) is 16.9 Å². The van der Waals surface area contributed by atoms with Gasteiger partial charge in [-0.2, -0.15) is 5.10 Å². The third kappa shape index (κ3) is 2.79. The van der Waals surface area contributed by atoms with Gasteiger partial charge in [0.25, 0.3) is 5.91 Å². The normalized spacial score (nSPS) is 14.1. The van der Waals surface area contributed by atoms with Crippen LogP contribution in [0.4, 0.5) is 5.69 Å². The van der Waals surface area contributed by atoms with Crippen LogP contribution in [0.1, 0.15) is 11.1 Å². The van der Waals surface area contributed by atoms with Gasteiger partial charge in [0.15, 0.2) is 0 Å². The summed E-state index contributed by atoms with van der Waals surface area (Å²) in [6.07, 6.45) is 7.35. The predicted molar refractivity (Wildman–Crippen MR) is 110 cm³/mol. The molecule has 5 rings (SSSR count). The minimum atomic E-state index is -0.106. The molecule has 4 aromatic rings. The van der Waals surface area contributed by atoms with Crippen molar-refractivity contribution in [3.05, 3.63) is 96.4 Å². The molecular formula is C23H16N4O. The van der Waals surface area contributed by atoms with Gasteiger partial charge in [-0.15, -0.1) is 0 Å². The number of fused-ring (bicyclic) bond motifs is 1. The molecular weight excluding hydrogens is 348 g/mol. The number of hydrogen-bond donors (Lipinski definition) is 1. The van der Waals surface area contributed by atoms with Gasteiger partial charge in [0.1, 0.15) is 5.69 Å². The number of amides is 1. The van der Waals surface area contributed by atoms with Crippen molar-refractivity contribution in [1.82, 2.24) is 14.8 Å². The minimum absolute atomic E-state index is 0.106. The van der Waals surface area contributed by atoms with Crippen molar-refractivity contribution in [2.75, 3.05) is 5.32 Å². The summed E-state index contributed by atoms with van der Waals surface area (Å²) in [5.74, 6) is -0.106. The number of pyridine rings is 1. The van der Waals surface area contributed by atoms with Crippen LogP contribution < -0.4 is 5.32 Å². The fraction of sp³-hybridized carbons (Fsp3) is 0. The van der Waals surface area contributed by atoms with Crippen molar-refractivity contribution >= 4 is 23.2 Å². The molecule has 0 radical (unpaired) electrons. The van der Waals surface area contributed by atoms with Gasteiger partial charge in [-0.05, 0) is 36.4 Å². The van der Waals surface area contributed by atoms with Crippen molar-refractivity contribution in [1.29, 1.82) is 0 Å². The summed E-state index contributed by atoms with van der Waals surface area (Å²) in [7, 11) is 0. The first kappa shape index (κ1) is 16.2. The number of anilines is 1. The Morgan fingerprint density at radius 1 is 0.929 bits per heavy atom. The van der Waals surface area contributed by atoms with Crippen LogP contribution in [0.5, 0.6) is 0 Å². The molecule has 2 aromatic heterocycles. The topological polar surface area (TPSA) is 59.8 Å². The number of benzene rings is 2. The maximum Gasteiger partial charge on any atom is 0.256 e. The molecule has 1 aliphatic heterocycles. The molecule has 3 heterocycles. The molecule has 1 amide bonds. The lowest BCUT2D eigenvalue weighted by Crippen LogP contribution is -2.03. The molecule has 5 nitrogen and oxygen atoms in total. The van der Waals surface area contributed by atoms with Crippen LogP contribution in [0, 0.1) is 0 Å². The maximum absolute atomic E-state index is 12.5. The Hall–Kier alpha value is -3.99. The molecule has 0 atom stereocenters. The monoisotopic (exact) mass is 364 g/mol. The highest BCUT2D eigenvalue weighted by Crippen LogP contribution is 2.34. The highest BCUT2D eigenvalue weighted by molar-refractivity contribution is 6.35. The Morgan fingerprint density at radius 2 is 1.75 bits per heavy atom. The van der Waals surface area contributed by atoms with E-state index in [1.807, 2.05) is 83.7 Å². The molecule has 2 aromatic carbocycles. The maximum atomic E-state index is 12.5. The molecule has 0 bridgehead atoms. The molecule has 1 N–H and O–H groups in total. The van der Waals surface area contributed by atoms with Crippen LogP contribution >= 0.6 is 0 Å². The van der Waals surface area contributed by atoms with Gasteiger partial charge < -0.3 is 5.32 Å². The van der Waals surface area contributed by atoms with Gasteiger partial charge in [0, 0.05) is 46.5 Å². The lowest BCUT2D eigenvalue weighted by atomic mass is 10.0. The third-order valence-electron chi connectivity index (χ3n) is 4.71. The first-order valence-corrected chi connectivity index (χ1v) is 8.97. The van der Waals surface area contributed by atoms with Crippen LogP contribution in [-0.2, 0) is 4.79 Å². The Bertz CT molecular complexity index is 1190. The van der Waals surface area contributed by atoms with Gasteiger partial charge in [-0.25, -0.2) is 4.68 Å². The van der Waals surface area contributed by atoms with Crippen molar-refractivity contribution in [2.45, 2.75) is 0 Å². The minimum Gasteiger partial charge on any atom is -0.321 e. The number of nitrogens with one attached hydrogen (secondary N) is 1. The second-order valence-corrected chi connectivity index (χ2v) is 6.51. The van der Waals surface area contributed by atoms with Gasteiger partial charge in [0.05, 0.1) is 5.69 Å². The zero-order valence-corrected chi connectivity index (χ0v) is 14.9. The Balaban J connectivity index is 1.69. The first-order valence-electron chi connectivity index (χ1n) is 8.97.